The van der Waals surface area contributed by atoms with E-state index in [1.54, 1.807) is 0 Å². The number of aromatic nitrogens is 1. The number of allylic oxidation sites excluding steroid dienone is 1. The molecule has 0 fully saturated rings. The molecule has 0 saturated carbocycles. The Hall–Kier alpha value is -1.89. The second-order valence-electron chi connectivity index (χ2n) is 4.61. The lowest BCUT2D eigenvalue weighted by Crippen LogP contribution is -2.30. The maximum absolute atomic E-state index is 2.24. The second-order valence-corrected chi connectivity index (χ2v) is 4.61. The molecule has 112 valence electrons. The molecule has 2 aromatic rings. The topological polar surface area (TPSA) is 3.88 Å². The molecule has 0 N–H and O–H groups in total. The number of hydrogen-bond acceptors (Lipinski definition) is 0. The molecule has 1 heterocycles. The molecule has 3 rings (SSSR count). The predicted octanol–water partition coefficient (Wildman–Crippen LogP) is 5.11. The first kappa shape index (κ1) is 17.2. The molecular formula is C20H28N+. The van der Waals surface area contributed by atoms with E-state index in [1.165, 1.54) is 27.9 Å². The van der Waals surface area contributed by atoms with E-state index >= 15 is 0 Å². The van der Waals surface area contributed by atoms with Gasteiger partial charge in [-0.25, -0.2) is 4.57 Å². The molecule has 0 unspecified atom stereocenters. The summed E-state index contributed by atoms with van der Waals surface area (Å²) in [6.07, 6.45) is 7.63. The van der Waals surface area contributed by atoms with Crippen molar-refractivity contribution in [1.29, 1.82) is 0 Å². The van der Waals surface area contributed by atoms with Crippen LogP contribution < -0.4 is 4.57 Å². The minimum absolute atomic E-state index is 1.07. The van der Waals surface area contributed by atoms with Crippen LogP contribution in [0.1, 0.15) is 44.4 Å². The Morgan fingerprint density at radius 3 is 2.33 bits per heavy atom. The van der Waals surface area contributed by atoms with Crippen LogP contribution in [0, 0.1) is 6.92 Å². The summed E-state index contributed by atoms with van der Waals surface area (Å²) in [7, 11) is 2.10. The average Bonchev–Trinajstić information content (AvgIpc) is 3.02. The first-order valence-corrected chi connectivity index (χ1v) is 8.01. The summed E-state index contributed by atoms with van der Waals surface area (Å²) >= 11 is 0. The van der Waals surface area contributed by atoms with E-state index in [9.17, 15) is 0 Å². The van der Waals surface area contributed by atoms with Gasteiger partial charge < -0.3 is 0 Å². The lowest BCUT2D eigenvalue weighted by molar-refractivity contribution is -0.660. The molecule has 0 bridgehead atoms. The quantitative estimate of drug-likeness (QED) is 0.640. The number of fused-ring (bicyclic) bond motifs is 1. The molecule has 0 saturated heterocycles. The van der Waals surface area contributed by atoms with Gasteiger partial charge in [0.1, 0.15) is 7.05 Å². The molecule has 1 aromatic carbocycles. The summed E-state index contributed by atoms with van der Waals surface area (Å²) < 4.78 is 2.18. The summed E-state index contributed by atoms with van der Waals surface area (Å²) in [5.41, 5.74) is 6.89. The number of pyridine rings is 1. The number of rotatable bonds is 1. The molecule has 21 heavy (non-hydrogen) atoms. The van der Waals surface area contributed by atoms with Gasteiger partial charge in [0.05, 0.1) is 0 Å². The molecular weight excluding hydrogens is 254 g/mol. The van der Waals surface area contributed by atoms with Gasteiger partial charge in [-0.1, -0.05) is 45.9 Å². The van der Waals surface area contributed by atoms with Gasteiger partial charge in [-0.3, -0.25) is 0 Å². The predicted molar refractivity (Wildman–Crippen MR) is 93.2 cm³/mol. The first-order valence-electron chi connectivity index (χ1n) is 8.01. The van der Waals surface area contributed by atoms with E-state index in [4.69, 9.17) is 0 Å². The summed E-state index contributed by atoms with van der Waals surface area (Å²) in [5.74, 6) is 0. The Morgan fingerprint density at radius 1 is 0.952 bits per heavy atom. The summed E-state index contributed by atoms with van der Waals surface area (Å²) in [6.45, 7) is 10.2. The smallest absolute Gasteiger partial charge is 0.201 e. The van der Waals surface area contributed by atoms with Crippen LogP contribution >= 0.6 is 0 Å². The minimum Gasteiger partial charge on any atom is -0.201 e. The SMILES string of the molecule is CC.CC.Cc1c(-c2cccc[n+]2C)ccc2c1CC=C2. The van der Waals surface area contributed by atoms with Crippen molar-refractivity contribution in [3.8, 4) is 11.3 Å². The van der Waals surface area contributed by atoms with Crippen molar-refractivity contribution >= 4 is 6.08 Å². The van der Waals surface area contributed by atoms with Crippen molar-refractivity contribution in [3.05, 3.63) is 59.3 Å². The highest BCUT2D eigenvalue weighted by Gasteiger charge is 2.16. The minimum atomic E-state index is 1.07. The van der Waals surface area contributed by atoms with Gasteiger partial charge >= 0.3 is 0 Å². The monoisotopic (exact) mass is 282 g/mol. The lowest BCUT2D eigenvalue weighted by Gasteiger charge is -2.09. The Bertz CT molecular complexity index is 609. The van der Waals surface area contributed by atoms with Crippen LogP contribution in [0.2, 0.25) is 0 Å². The van der Waals surface area contributed by atoms with Gasteiger partial charge in [-0.15, -0.1) is 0 Å². The van der Waals surface area contributed by atoms with Crippen LogP contribution in [0.15, 0.2) is 42.6 Å². The van der Waals surface area contributed by atoms with Gasteiger partial charge in [-0.05, 0) is 42.2 Å². The van der Waals surface area contributed by atoms with E-state index in [-0.39, 0.29) is 0 Å². The molecule has 0 spiro atoms. The third kappa shape index (κ3) is 3.60. The normalized spacial score (nSPS) is 11.0. The standard InChI is InChI=1S/C16H16N.2C2H6/c1-12-14-7-5-6-13(14)9-10-15(12)16-8-3-4-11-17(16)2;2*1-2/h3-6,8-11H,7H2,1-2H3;2*1-2H3/q+1;;. The molecule has 1 nitrogen and oxygen atoms in total. The van der Waals surface area contributed by atoms with Crippen LogP contribution in [0.3, 0.4) is 0 Å². The molecule has 1 aliphatic carbocycles. The zero-order valence-corrected chi connectivity index (χ0v) is 14.3. The number of nitrogens with zero attached hydrogens (tertiary/aromatic N) is 1. The van der Waals surface area contributed by atoms with E-state index in [0.717, 1.165) is 6.42 Å². The highest BCUT2D eigenvalue weighted by molar-refractivity contribution is 5.71. The fraction of sp³-hybridized carbons (Fsp3) is 0.350. The Labute approximate surface area is 130 Å². The van der Waals surface area contributed by atoms with Crippen molar-refractivity contribution in [1.82, 2.24) is 0 Å². The lowest BCUT2D eigenvalue weighted by atomic mass is 9.96. The molecule has 1 aromatic heterocycles. The summed E-state index contributed by atoms with van der Waals surface area (Å²) in [5, 5.41) is 0. The van der Waals surface area contributed by atoms with Gasteiger partial charge in [0.15, 0.2) is 6.20 Å². The zero-order valence-electron chi connectivity index (χ0n) is 14.3. The van der Waals surface area contributed by atoms with E-state index in [0.29, 0.717) is 0 Å². The third-order valence-corrected chi connectivity index (χ3v) is 3.58. The first-order chi connectivity index (χ1) is 10.3. The van der Waals surface area contributed by atoms with Crippen LogP contribution in [0.5, 0.6) is 0 Å². The van der Waals surface area contributed by atoms with E-state index < -0.39 is 0 Å². The van der Waals surface area contributed by atoms with Crippen LogP contribution in [-0.4, -0.2) is 0 Å². The van der Waals surface area contributed by atoms with E-state index in [2.05, 4.69) is 67.2 Å². The molecule has 1 aliphatic rings. The van der Waals surface area contributed by atoms with Gasteiger partial charge in [-0.2, -0.15) is 0 Å². The van der Waals surface area contributed by atoms with Crippen molar-refractivity contribution in [2.24, 2.45) is 7.05 Å². The van der Waals surface area contributed by atoms with Crippen molar-refractivity contribution < 1.29 is 4.57 Å². The molecule has 0 aliphatic heterocycles. The molecule has 1 heteroatoms. The fourth-order valence-corrected chi connectivity index (χ4v) is 2.59. The van der Waals surface area contributed by atoms with E-state index in [1.807, 2.05) is 27.7 Å². The summed E-state index contributed by atoms with van der Waals surface area (Å²) in [4.78, 5) is 0. The van der Waals surface area contributed by atoms with Crippen molar-refractivity contribution in [3.63, 3.8) is 0 Å². The Kier molecular flexibility index (Phi) is 6.87. The molecule has 0 amide bonds. The maximum Gasteiger partial charge on any atom is 0.212 e. The fourth-order valence-electron chi connectivity index (χ4n) is 2.59. The molecule has 0 radical (unpaired) electrons. The number of hydrogen-bond donors (Lipinski definition) is 0. The third-order valence-electron chi connectivity index (χ3n) is 3.58. The highest BCUT2D eigenvalue weighted by Crippen LogP contribution is 2.30. The van der Waals surface area contributed by atoms with Crippen molar-refractivity contribution in [2.45, 2.75) is 41.0 Å². The van der Waals surface area contributed by atoms with Gasteiger partial charge in [0, 0.05) is 17.7 Å². The highest BCUT2D eigenvalue weighted by atomic mass is 14.9. The number of benzene rings is 1. The van der Waals surface area contributed by atoms with Gasteiger partial charge in [0.2, 0.25) is 5.69 Å². The molecule has 0 atom stereocenters. The second kappa shape index (κ2) is 8.41. The Morgan fingerprint density at radius 2 is 1.67 bits per heavy atom. The van der Waals surface area contributed by atoms with Crippen LogP contribution in [0.4, 0.5) is 0 Å². The van der Waals surface area contributed by atoms with Gasteiger partial charge in [0.25, 0.3) is 0 Å². The zero-order chi connectivity index (χ0) is 15.8. The number of aryl methyl sites for hydroxylation is 1. The Balaban J connectivity index is 0.000000510. The largest absolute Gasteiger partial charge is 0.212 e. The maximum atomic E-state index is 2.24. The summed E-state index contributed by atoms with van der Waals surface area (Å²) in [6, 6.07) is 10.8. The van der Waals surface area contributed by atoms with Crippen LogP contribution in [-0.2, 0) is 13.5 Å². The average molecular weight is 282 g/mol. The van der Waals surface area contributed by atoms with Crippen LogP contribution in [0.25, 0.3) is 17.3 Å². The van der Waals surface area contributed by atoms with Crippen molar-refractivity contribution in [2.75, 3.05) is 0 Å².